The molecule has 1 atom stereocenters. The molecule has 6 nitrogen and oxygen atoms in total. The topological polar surface area (TPSA) is 63.9 Å². The number of unbranched alkanes of at least 4 members (excludes halogenated alkanes) is 1. The van der Waals surface area contributed by atoms with Crippen molar-refractivity contribution in [2.24, 2.45) is 5.92 Å². The Kier molecular flexibility index (Phi) is 8.26. The number of carbonyl (C=O) groups excluding carboxylic acids is 1. The zero-order chi connectivity index (χ0) is 25.8. The number of nitrogens with zero attached hydrogens (tertiary/aromatic N) is 3. The molecule has 1 aliphatic heterocycles. The summed E-state index contributed by atoms with van der Waals surface area (Å²) in [5, 5.41) is 0. The number of ether oxygens (including phenoxy) is 1. The molecule has 1 aliphatic rings. The van der Waals surface area contributed by atoms with Crippen molar-refractivity contribution in [1.82, 2.24) is 14.3 Å². The first kappa shape index (κ1) is 26.1. The number of fused-ring (bicyclic) bond motifs is 1. The first-order valence-electron chi connectivity index (χ1n) is 12.3. The van der Waals surface area contributed by atoms with E-state index in [9.17, 15) is 9.59 Å². The van der Waals surface area contributed by atoms with E-state index < -0.39 is 0 Å². The lowest BCUT2D eigenvalue weighted by atomic mass is 9.99. The van der Waals surface area contributed by atoms with Crippen LogP contribution in [0.1, 0.15) is 56.2 Å². The quantitative estimate of drug-likeness (QED) is 0.236. The molecule has 1 saturated heterocycles. The molecule has 1 fully saturated rings. The molecule has 0 saturated carbocycles. The highest BCUT2D eigenvalue weighted by Gasteiger charge is 2.34. The van der Waals surface area contributed by atoms with Gasteiger partial charge >= 0.3 is 0 Å². The average Bonchev–Trinajstić information content (AvgIpc) is 3.13. The molecular formula is C28H31N3O3S2. The van der Waals surface area contributed by atoms with E-state index >= 15 is 0 Å². The van der Waals surface area contributed by atoms with Crippen LogP contribution < -0.4 is 10.3 Å². The summed E-state index contributed by atoms with van der Waals surface area (Å²) >= 11 is 6.79. The first-order chi connectivity index (χ1) is 17.3. The highest BCUT2D eigenvalue weighted by molar-refractivity contribution is 8.26. The number of thiocarbonyl (C=S) groups is 1. The smallest absolute Gasteiger partial charge is 0.269 e. The number of rotatable bonds is 9. The maximum atomic E-state index is 13.5. The Morgan fingerprint density at radius 3 is 2.69 bits per heavy atom. The summed E-state index contributed by atoms with van der Waals surface area (Å²) in [7, 11) is 0. The van der Waals surface area contributed by atoms with E-state index in [4.69, 9.17) is 17.0 Å². The number of hydrogen-bond acceptors (Lipinski definition) is 6. The fourth-order valence-corrected chi connectivity index (χ4v) is 5.44. The van der Waals surface area contributed by atoms with Crippen LogP contribution in [0.5, 0.6) is 11.6 Å². The molecule has 2 aromatic heterocycles. The second kappa shape index (κ2) is 11.4. The number of hydrogen-bond donors (Lipinski definition) is 0. The number of pyridine rings is 1. The highest BCUT2D eigenvalue weighted by Crippen LogP contribution is 2.35. The number of aromatic nitrogens is 2. The van der Waals surface area contributed by atoms with E-state index in [0.29, 0.717) is 33.1 Å². The number of benzene rings is 1. The van der Waals surface area contributed by atoms with Crippen molar-refractivity contribution in [1.29, 1.82) is 0 Å². The van der Waals surface area contributed by atoms with Crippen molar-refractivity contribution in [3.05, 3.63) is 74.5 Å². The molecule has 1 unspecified atom stereocenters. The third kappa shape index (κ3) is 5.39. The van der Waals surface area contributed by atoms with Crippen molar-refractivity contribution in [2.75, 3.05) is 6.54 Å². The van der Waals surface area contributed by atoms with E-state index in [1.165, 1.54) is 16.2 Å². The van der Waals surface area contributed by atoms with E-state index in [-0.39, 0.29) is 22.9 Å². The van der Waals surface area contributed by atoms with Gasteiger partial charge in [-0.25, -0.2) is 0 Å². The van der Waals surface area contributed by atoms with Crippen LogP contribution in [0.25, 0.3) is 11.7 Å². The van der Waals surface area contributed by atoms with Crippen LogP contribution >= 0.6 is 24.0 Å². The number of amides is 1. The van der Waals surface area contributed by atoms with Crippen LogP contribution in [0.3, 0.4) is 0 Å². The molecule has 4 rings (SSSR count). The van der Waals surface area contributed by atoms with E-state index in [0.717, 1.165) is 36.8 Å². The molecule has 0 aliphatic carbocycles. The summed E-state index contributed by atoms with van der Waals surface area (Å²) in [6, 6.07) is 11.1. The van der Waals surface area contributed by atoms with Gasteiger partial charge in [-0.05, 0) is 61.6 Å². The van der Waals surface area contributed by atoms with Crippen LogP contribution in [0, 0.1) is 19.8 Å². The lowest BCUT2D eigenvalue weighted by Gasteiger charge is -2.21. The summed E-state index contributed by atoms with van der Waals surface area (Å²) < 4.78 is 8.18. The Labute approximate surface area is 221 Å². The average molecular weight is 522 g/mol. The minimum Gasteiger partial charge on any atom is -0.438 e. The Morgan fingerprint density at radius 2 is 1.94 bits per heavy atom. The predicted octanol–water partition coefficient (Wildman–Crippen LogP) is 6.52. The Bertz CT molecular complexity index is 1400. The van der Waals surface area contributed by atoms with E-state index in [1.54, 1.807) is 29.3 Å². The Balaban J connectivity index is 1.75. The molecule has 0 bridgehead atoms. The molecule has 1 aromatic carbocycles. The predicted molar refractivity (Wildman–Crippen MR) is 151 cm³/mol. The van der Waals surface area contributed by atoms with Crippen LogP contribution in [0.15, 0.2) is 52.3 Å². The first-order valence-corrected chi connectivity index (χ1v) is 13.6. The van der Waals surface area contributed by atoms with Gasteiger partial charge in [0, 0.05) is 12.7 Å². The van der Waals surface area contributed by atoms with Gasteiger partial charge in [0.25, 0.3) is 11.5 Å². The second-order valence-electron chi connectivity index (χ2n) is 9.07. The minimum absolute atomic E-state index is 0.166. The number of aryl methyl sites for hydroxylation is 1. The Morgan fingerprint density at radius 1 is 1.14 bits per heavy atom. The normalized spacial score (nSPS) is 15.8. The van der Waals surface area contributed by atoms with Crippen LogP contribution in [0.2, 0.25) is 0 Å². The van der Waals surface area contributed by atoms with Gasteiger partial charge in [0.2, 0.25) is 5.88 Å². The van der Waals surface area contributed by atoms with Gasteiger partial charge in [0.05, 0.1) is 4.91 Å². The zero-order valence-corrected chi connectivity index (χ0v) is 22.7. The fraction of sp³-hybridized carbons (Fsp3) is 0.357. The van der Waals surface area contributed by atoms with Gasteiger partial charge in [0.1, 0.15) is 21.3 Å². The molecule has 0 spiro atoms. The second-order valence-corrected chi connectivity index (χ2v) is 10.7. The standard InChI is InChI=1S/C28H31N3O3S2/c1-5-7-12-20(6-2)17-31-27(33)23(36-28(31)35)16-21-25(34-22-13-10-11-18(3)19(22)4)29-24-14-8-9-15-30(24)26(21)32/h8-11,13-16,20H,5-7,12,17H2,1-4H3/b23-16+. The minimum atomic E-state index is -0.305. The van der Waals surface area contributed by atoms with Gasteiger partial charge < -0.3 is 4.74 Å². The number of carbonyl (C=O) groups is 1. The van der Waals surface area contributed by atoms with Gasteiger partial charge in [-0.3, -0.25) is 18.9 Å². The number of thioether (sulfide) groups is 1. The van der Waals surface area contributed by atoms with Crippen molar-refractivity contribution in [3.63, 3.8) is 0 Å². The van der Waals surface area contributed by atoms with Crippen molar-refractivity contribution in [2.45, 2.75) is 53.4 Å². The summed E-state index contributed by atoms with van der Waals surface area (Å²) in [6.07, 6.45) is 7.54. The maximum absolute atomic E-state index is 13.5. The lowest BCUT2D eigenvalue weighted by Crippen LogP contribution is -2.33. The fourth-order valence-electron chi connectivity index (χ4n) is 4.19. The summed E-state index contributed by atoms with van der Waals surface area (Å²) in [5.41, 5.74) is 2.41. The maximum Gasteiger partial charge on any atom is 0.269 e. The zero-order valence-electron chi connectivity index (χ0n) is 21.1. The largest absolute Gasteiger partial charge is 0.438 e. The molecule has 188 valence electrons. The van der Waals surface area contributed by atoms with Gasteiger partial charge in [-0.2, -0.15) is 4.98 Å². The molecule has 0 radical (unpaired) electrons. The molecule has 0 N–H and O–H groups in total. The van der Waals surface area contributed by atoms with E-state index in [1.807, 2.05) is 38.1 Å². The van der Waals surface area contributed by atoms with Crippen LogP contribution in [-0.2, 0) is 4.79 Å². The molecule has 3 aromatic rings. The Hall–Kier alpha value is -2.97. The summed E-state index contributed by atoms with van der Waals surface area (Å²) in [5.74, 6) is 1.00. The lowest BCUT2D eigenvalue weighted by molar-refractivity contribution is -0.122. The summed E-state index contributed by atoms with van der Waals surface area (Å²) in [4.78, 5) is 33.6. The van der Waals surface area contributed by atoms with Crippen LogP contribution in [0.4, 0.5) is 0 Å². The molecule has 8 heteroatoms. The SMILES string of the molecule is CCCCC(CC)CN1C(=O)/C(=C\c2c(Oc3cccc(C)c3C)nc3ccccn3c2=O)SC1=S. The monoisotopic (exact) mass is 521 g/mol. The van der Waals surface area contributed by atoms with E-state index in [2.05, 4.69) is 18.8 Å². The van der Waals surface area contributed by atoms with Crippen molar-refractivity contribution < 1.29 is 9.53 Å². The third-order valence-corrected chi connectivity index (χ3v) is 8.01. The van der Waals surface area contributed by atoms with Gasteiger partial charge in [-0.1, -0.05) is 75.3 Å². The van der Waals surface area contributed by atoms with Gasteiger partial charge in [-0.15, -0.1) is 0 Å². The molecular weight excluding hydrogens is 490 g/mol. The van der Waals surface area contributed by atoms with Crippen molar-refractivity contribution in [3.8, 4) is 11.6 Å². The molecule has 1 amide bonds. The van der Waals surface area contributed by atoms with Gasteiger partial charge in [0.15, 0.2) is 0 Å². The highest BCUT2D eigenvalue weighted by atomic mass is 32.2. The summed E-state index contributed by atoms with van der Waals surface area (Å²) in [6.45, 7) is 8.88. The molecule has 3 heterocycles. The van der Waals surface area contributed by atoms with Crippen LogP contribution in [-0.4, -0.2) is 31.1 Å². The van der Waals surface area contributed by atoms with Crippen molar-refractivity contribution >= 4 is 45.9 Å². The molecule has 36 heavy (non-hydrogen) atoms. The third-order valence-electron chi connectivity index (χ3n) is 6.63.